The summed E-state index contributed by atoms with van der Waals surface area (Å²) in [5.41, 5.74) is 1.83. The lowest BCUT2D eigenvalue weighted by Gasteiger charge is -2.21. The smallest absolute Gasteiger partial charge is 0.243 e. The molecule has 3 rings (SSSR count). The van der Waals surface area contributed by atoms with Crippen LogP contribution in [-0.2, 0) is 21.2 Å². The van der Waals surface area contributed by atoms with Crippen molar-refractivity contribution in [2.24, 2.45) is 0 Å². The Morgan fingerprint density at radius 1 is 1.00 bits per heavy atom. The molecule has 0 atom stereocenters. The third-order valence-corrected chi connectivity index (χ3v) is 7.54. The average molecular weight is 447 g/mol. The van der Waals surface area contributed by atoms with Crippen LogP contribution >= 0.6 is 0 Å². The zero-order valence-electron chi connectivity index (χ0n) is 18.3. The van der Waals surface area contributed by atoms with E-state index in [1.165, 1.54) is 7.11 Å². The zero-order chi connectivity index (χ0) is 22.4. The quantitative estimate of drug-likeness (QED) is 0.700. The first-order valence-electron chi connectivity index (χ1n) is 10.5. The Morgan fingerprint density at radius 2 is 1.71 bits per heavy atom. The maximum atomic E-state index is 13.2. The number of carbonyl (C=O) groups excluding carboxylic acids is 1. The summed E-state index contributed by atoms with van der Waals surface area (Å²) >= 11 is 0. The number of nitrogens with one attached hydrogen (secondary N) is 1. The number of nitrogens with zero attached hydrogens (tertiary/aromatic N) is 1. The largest absolute Gasteiger partial charge is 0.497 e. The summed E-state index contributed by atoms with van der Waals surface area (Å²) in [6.45, 7) is 2.85. The highest BCUT2D eigenvalue weighted by atomic mass is 32.2. The van der Waals surface area contributed by atoms with Crippen LogP contribution in [0.3, 0.4) is 0 Å². The van der Waals surface area contributed by atoms with Crippen LogP contribution < -0.4 is 14.8 Å². The fourth-order valence-electron chi connectivity index (χ4n) is 3.75. The Labute approximate surface area is 184 Å². The molecule has 0 bridgehead atoms. The molecule has 1 N–H and O–H groups in total. The number of ether oxygens (including phenoxy) is 2. The summed E-state index contributed by atoms with van der Waals surface area (Å²) in [6.07, 6.45) is 3.94. The van der Waals surface area contributed by atoms with Gasteiger partial charge in [-0.2, -0.15) is 4.31 Å². The van der Waals surface area contributed by atoms with Crippen LogP contribution in [0.15, 0.2) is 41.3 Å². The number of anilines is 1. The van der Waals surface area contributed by atoms with Crippen LogP contribution in [0, 0.1) is 6.92 Å². The van der Waals surface area contributed by atoms with Crippen molar-refractivity contribution in [3.05, 3.63) is 47.5 Å². The highest BCUT2D eigenvalue weighted by Gasteiger charge is 2.27. The third-order valence-electron chi connectivity index (χ3n) is 5.50. The van der Waals surface area contributed by atoms with E-state index in [1.807, 2.05) is 0 Å². The number of benzene rings is 2. The van der Waals surface area contributed by atoms with Gasteiger partial charge in [0.2, 0.25) is 15.9 Å². The second-order valence-electron chi connectivity index (χ2n) is 7.70. The van der Waals surface area contributed by atoms with Gasteiger partial charge in [0.15, 0.2) is 0 Å². The second kappa shape index (κ2) is 10.2. The molecular formula is C23H30N2O5S. The number of carbonyl (C=O) groups is 1. The number of amides is 1. The topological polar surface area (TPSA) is 84.9 Å². The molecule has 1 aliphatic heterocycles. The molecule has 0 aliphatic carbocycles. The van der Waals surface area contributed by atoms with Crippen LogP contribution in [0.2, 0.25) is 0 Å². The van der Waals surface area contributed by atoms with Gasteiger partial charge in [0.25, 0.3) is 0 Å². The molecule has 0 aromatic heterocycles. The molecule has 0 spiro atoms. The van der Waals surface area contributed by atoms with Crippen LogP contribution in [0.1, 0.15) is 36.8 Å². The lowest BCUT2D eigenvalue weighted by Crippen LogP contribution is -2.32. The van der Waals surface area contributed by atoms with E-state index in [0.29, 0.717) is 41.4 Å². The summed E-state index contributed by atoms with van der Waals surface area (Å²) in [5, 5.41) is 2.82. The van der Waals surface area contributed by atoms with Crippen molar-refractivity contribution < 1.29 is 22.7 Å². The minimum absolute atomic E-state index is 0.0925. The van der Waals surface area contributed by atoms with Crippen molar-refractivity contribution in [2.75, 3.05) is 32.6 Å². The van der Waals surface area contributed by atoms with E-state index in [2.05, 4.69) is 5.32 Å². The highest BCUT2D eigenvalue weighted by molar-refractivity contribution is 7.89. The highest BCUT2D eigenvalue weighted by Crippen LogP contribution is 2.27. The molecule has 31 heavy (non-hydrogen) atoms. The molecule has 1 amide bonds. The maximum absolute atomic E-state index is 13.2. The van der Waals surface area contributed by atoms with Gasteiger partial charge in [0, 0.05) is 30.4 Å². The third kappa shape index (κ3) is 5.57. The Balaban J connectivity index is 1.78. The average Bonchev–Trinajstić information content (AvgIpc) is 3.05. The summed E-state index contributed by atoms with van der Waals surface area (Å²) in [5.74, 6) is 0.941. The number of sulfonamides is 1. The van der Waals surface area contributed by atoms with Crippen molar-refractivity contribution in [3.8, 4) is 11.5 Å². The molecule has 0 saturated carbocycles. The van der Waals surface area contributed by atoms with Gasteiger partial charge in [-0.15, -0.1) is 0 Å². The number of methoxy groups -OCH3 is 2. The van der Waals surface area contributed by atoms with Gasteiger partial charge < -0.3 is 14.8 Å². The summed E-state index contributed by atoms with van der Waals surface area (Å²) in [4.78, 5) is 12.9. The van der Waals surface area contributed by atoms with Crippen LogP contribution in [-0.4, -0.2) is 45.9 Å². The van der Waals surface area contributed by atoms with Gasteiger partial charge in [0.1, 0.15) is 11.5 Å². The SMILES string of the molecule is COc1ccc(CC(=O)Nc2ccc(C)c(S(=O)(=O)N3CCCCCC3)c2)c(OC)c1. The van der Waals surface area contributed by atoms with Crippen molar-refractivity contribution in [1.82, 2.24) is 4.31 Å². The number of aryl methyl sites for hydroxylation is 1. The van der Waals surface area contributed by atoms with E-state index in [4.69, 9.17) is 9.47 Å². The molecule has 0 unspecified atom stereocenters. The van der Waals surface area contributed by atoms with Gasteiger partial charge in [-0.1, -0.05) is 25.0 Å². The van der Waals surface area contributed by atoms with Crippen molar-refractivity contribution in [2.45, 2.75) is 43.9 Å². The van der Waals surface area contributed by atoms with E-state index >= 15 is 0 Å². The van der Waals surface area contributed by atoms with E-state index < -0.39 is 10.0 Å². The van der Waals surface area contributed by atoms with E-state index in [0.717, 1.165) is 25.7 Å². The van der Waals surface area contributed by atoms with E-state index in [-0.39, 0.29) is 17.2 Å². The number of hydrogen-bond acceptors (Lipinski definition) is 5. The zero-order valence-corrected chi connectivity index (χ0v) is 19.1. The lowest BCUT2D eigenvalue weighted by molar-refractivity contribution is -0.115. The summed E-state index contributed by atoms with van der Waals surface area (Å²) < 4.78 is 38.5. The fraction of sp³-hybridized carbons (Fsp3) is 0.435. The van der Waals surface area contributed by atoms with Crippen LogP contribution in [0.4, 0.5) is 5.69 Å². The molecule has 2 aromatic carbocycles. The van der Waals surface area contributed by atoms with Gasteiger partial charge in [-0.25, -0.2) is 8.42 Å². The molecule has 168 valence electrons. The number of rotatable bonds is 7. The minimum atomic E-state index is -3.60. The van der Waals surface area contributed by atoms with Gasteiger partial charge in [-0.05, 0) is 43.5 Å². The van der Waals surface area contributed by atoms with Crippen LogP contribution in [0.5, 0.6) is 11.5 Å². The Hall–Kier alpha value is -2.58. The summed E-state index contributed by atoms with van der Waals surface area (Å²) in [7, 11) is -0.500. The van der Waals surface area contributed by atoms with Crippen LogP contribution in [0.25, 0.3) is 0 Å². The molecule has 7 nitrogen and oxygen atoms in total. The first kappa shape index (κ1) is 23.1. The van der Waals surface area contributed by atoms with Crippen molar-refractivity contribution in [3.63, 3.8) is 0 Å². The summed E-state index contributed by atoms with van der Waals surface area (Å²) in [6, 6.07) is 10.3. The molecule has 2 aromatic rings. The molecule has 1 aliphatic rings. The number of hydrogen-bond donors (Lipinski definition) is 1. The molecular weight excluding hydrogens is 416 g/mol. The lowest BCUT2D eigenvalue weighted by atomic mass is 10.1. The van der Waals surface area contributed by atoms with Gasteiger partial charge >= 0.3 is 0 Å². The Bertz CT molecular complexity index is 1030. The molecule has 8 heteroatoms. The van der Waals surface area contributed by atoms with E-state index in [1.54, 1.807) is 54.7 Å². The predicted octanol–water partition coefficient (Wildman–Crippen LogP) is 3.76. The monoisotopic (exact) mass is 446 g/mol. The van der Waals surface area contributed by atoms with Gasteiger partial charge in [0.05, 0.1) is 25.5 Å². The van der Waals surface area contributed by atoms with Crippen molar-refractivity contribution >= 4 is 21.6 Å². The Kier molecular flexibility index (Phi) is 7.56. The molecule has 0 radical (unpaired) electrons. The molecule has 1 heterocycles. The van der Waals surface area contributed by atoms with Crippen molar-refractivity contribution in [1.29, 1.82) is 0 Å². The standard InChI is InChI=1S/C23H30N2O5S/c1-17-8-10-19(15-22(17)31(27,28)25-12-6-4-5-7-13-25)24-23(26)14-18-9-11-20(29-2)16-21(18)30-3/h8-11,15-16H,4-7,12-14H2,1-3H3,(H,24,26). The van der Waals surface area contributed by atoms with Gasteiger partial charge in [-0.3, -0.25) is 4.79 Å². The normalized spacial score (nSPS) is 15.2. The second-order valence-corrected chi connectivity index (χ2v) is 9.61. The molecule has 1 saturated heterocycles. The first-order valence-corrected chi connectivity index (χ1v) is 11.9. The predicted molar refractivity (Wildman–Crippen MR) is 120 cm³/mol. The Morgan fingerprint density at radius 3 is 2.35 bits per heavy atom. The molecule has 1 fully saturated rings. The minimum Gasteiger partial charge on any atom is -0.497 e. The van der Waals surface area contributed by atoms with E-state index in [9.17, 15) is 13.2 Å². The fourth-order valence-corrected chi connectivity index (χ4v) is 5.52. The maximum Gasteiger partial charge on any atom is 0.243 e. The first-order chi connectivity index (χ1) is 14.8.